The van der Waals surface area contributed by atoms with Gasteiger partial charge >= 0.3 is 5.97 Å². The number of esters is 1. The summed E-state index contributed by atoms with van der Waals surface area (Å²) in [5.41, 5.74) is 2.20. The van der Waals surface area contributed by atoms with Crippen molar-refractivity contribution in [1.82, 2.24) is 4.57 Å². The number of rotatable bonds is 8. The van der Waals surface area contributed by atoms with Crippen LogP contribution in [-0.2, 0) is 9.53 Å². The quantitative estimate of drug-likeness (QED) is 0.183. The molecule has 0 saturated heterocycles. The van der Waals surface area contributed by atoms with E-state index in [1.807, 2.05) is 73.7 Å². The molecule has 1 aliphatic heterocycles. The highest BCUT2D eigenvalue weighted by atomic mass is 35.5. The van der Waals surface area contributed by atoms with Gasteiger partial charge in [-0.3, -0.25) is 9.36 Å². The molecule has 1 aliphatic rings. The molecule has 0 aliphatic carbocycles. The molecule has 0 bridgehead atoms. The Morgan fingerprint density at radius 1 is 1.09 bits per heavy atom. The average Bonchev–Trinajstić information content (AvgIpc) is 3.60. The van der Waals surface area contributed by atoms with Crippen LogP contribution in [0.2, 0.25) is 5.02 Å². The second-order valence-corrected chi connectivity index (χ2v) is 11.5. The summed E-state index contributed by atoms with van der Waals surface area (Å²) >= 11 is 7.43. The molecule has 0 N–H and O–H groups in total. The third kappa shape index (κ3) is 5.32. The zero-order chi connectivity index (χ0) is 30.1. The first-order chi connectivity index (χ1) is 20.9. The van der Waals surface area contributed by atoms with Crippen LogP contribution in [0.3, 0.4) is 0 Å². The van der Waals surface area contributed by atoms with E-state index < -0.39 is 12.0 Å². The maximum absolute atomic E-state index is 14.3. The fourth-order valence-electron chi connectivity index (χ4n) is 5.49. The Hall–Kier alpha value is -4.40. The minimum atomic E-state index is -0.807. The molecular formula is C34H29ClN2O5S. The number of thiazole rings is 1. The van der Waals surface area contributed by atoms with Gasteiger partial charge in [0.15, 0.2) is 4.80 Å². The molecule has 7 nitrogen and oxygen atoms in total. The lowest BCUT2D eigenvalue weighted by Gasteiger charge is -2.28. The molecule has 2 aromatic heterocycles. The first-order valence-corrected chi connectivity index (χ1v) is 15.3. The molecule has 0 unspecified atom stereocenters. The molecule has 43 heavy (non-hydrogen) atoms. The maximum Gasteiger partial charge on any atom is 0.338 e. The first kappa shape index (κ1) is 28.7. The molecule has 9 heteroatoms. The zero-order valence-corrected chi connectivity index (χ0v) is 25.5. The van der Waals surface area contributed by atoms with Gasteiger partial charge in [0.25, 0.3) is 5.56 Å². The van der Waals surface area contributed by atoms with E-state index in [0.717, 1.165) is 22.8 Å². The molecule has 218 valence electrons. The summed E-state index contributed by atoms with van der Waals surface area (Å²) in [5, 5.41) is 2.44. The monoisotopic (exact) mass is 612 g/mol. The molecule has 6 rings (SSSR count). The Bertz CT molecular complexity index is 2070. The van der Waals surface area contributed by atoms with Crippen molar-refractivity contribution in [3.8, 4) is 17.1 Å². The van der Waals surface area contributed by atoms with Gasteiger partial charge in [-0.25, -0.2) is 9.79 Å². The van der Waals surface area contributed by atoms with Crippen LogP contribution in [0.4, 0.5) is 0 Å². The molecule has 1 atom stereocenters. The van der Waals surface area contributed by atoms with E-state index in [1.54, 1.807) is 30.7 Å². The summed E-state index contributed by atoms with van der Waals surface area (Å²) in [7, 11) is 1.59. The standard InChI is InChI=1S/C34H29ClN2O5S/c1-4-9-25-30(33(39)41-5-2)31(29-24-13-7-6-10-20(24)14-16-27(29)40-3)37-32(38)28(43-34(37)36-25)19-23-15-17-26(42-23)21-11-8-12-22(35)18-21/h6-8,10-19,31H,4-5,9H2,1-3H3/b28-19+/t31-/m1/s1. The van der Waals surface area contributed by atoms with Gasteiger partial charge in [0.2, 0.25) is 0 Å². The smallest absolute Gasteiger partial charge is 0.338 e. The molecule has 0 spiro atoms. The molecule has 0 amide bonds. The Kier molecular flexibility index (Phi) is 8.06. The average molecular weight is 613 g/mol. The van der Waals surface area contributed by atoms with Gasteiger partial charge < -0.3 is 13.9 Å². The third-order valence-corrected chi connectivity index (χ3v) is 8.54. The van der Waals surface area contributed by atoms with Crippen molar-refractivity contribution in [2.24, 2.45) is 4.99 Å². The number of furan rings is 1. The number of carbonyl (C=O) groups excluding carboxylic acids is 1. The van der Waals surface area contributed by atoms with Crippen molar-refractivity contribution in [2.45, 2.75) is 32.7 Å². The summed E-state index contributed by atoms with van der Waals surface area (Å²) in [6.45, 7) is 3.99. The van der Waals surface area contributed by atoms with Crippen LogP contribution in [0.5, 0.6) is 5.75 Å². The van der Waals surface area contributed by atoms with E-state index in [2.05, 4.69) is 0 Å². The van der Waals surface area contributed by atoms with Crippen LogP contribution in [0.15, 0.2) is 98.3 Å². The Morgan fingerprint density at radius 3 is 2.70 bits per heavy atom. The van der Waals surface area contributed by atoms with Crippen LogP contribution in [0, 0.1) is 0 Å². The highest BCUT2D eigenvalue weighted by Gasteiger charge is 2.37. The first-order valence-electron chi connectivity index (χ1n) is 14.1. The number of fused-ring (bicyclic) bond motifs is 2. The number of allylic oxidation sites excluding steroid dienone is 1. The number of hydrogen-bond donors (Lipinski definition) is 0. The van der Waals surface area contributed by atoms with Gasteiger partial charge in [-0.05, 0) is 54.4 Å². The number of halogens is 1. The van der Waals surface area contributed by atoms with E-state index in [4.69, 9.17) is 30.5 Å². The lowest BCUT2D eigenvalue weighted by molar-refractivity contribution is -0.139. The fourth-order valence-corrected chi connectivity index (χ4v) is 6.68. The predicted molar refractivity (Wildman–Crippen MR) is 169 cm³/mol. The highest BCUT2D eigenvalue weighted by Crippen LogP contribution is 2.41. The minimum Gasteiger partial charge on any atom is -0.496 e. The number of nitrogens with zero attached hydrogens (tertiary/aromatic N) is 2. The summed E-state index contributed by atoms with van der Waals surface area (Å²) < 4.78 is 19.5. The molecule has 0 radical (unpaired) electrons. The molecule has 3 heterocycles. The van der Waals surface area contributed by atoms with E-state index in [0.29, 0.717) is 54.9 Å². The number of carbonyl (C=O) groups is 1. The fraction of sp³-hybridized carbons (Fsp3) is 0.206. The van der Waals surface area contributed by atoms with Crippen molar-refractivity contribution in [1.29, 1.82) is 0 Å². The molecule has 3 aromatic carbocycles. The van der Waals surface area contributed by atoms with Crippen LogP contribution >= 0.6 is 22.9 Å². The van der Waals surface area contributed by atoms with Gasteiger partial charge in [0, 0.05) is 22.2 Å². The van der Waals surface area contributed by atoms with Crippen LogP contribution < -0.4 is 19.6 Å². The minimum absolute atomic E-state index is 0.193. The van der Waals surface area contributed by atoms with E-state index in [1.165, 1.54) is 11.3 Å². The summed E-state index contributed by atoms with van der Waals surface area (Å²) in [6.07, 6.45) is 3.02. The number of benzene rings is 3. The third-order valence-electron chi connectivity index (χ3n) is 7.33. The van der Waals surface area contributed by atoms with E-state index in [-0.39, 0.29) is 12.2 Å². The van der Waals surface area contributed by atoms with E-state index in [9.17, 15) is 9.59 Å². The maximum atomic E-state index is 14.3. The van der Waals surface area contributed by atoms with Gasteiger partial charge in [0.1, 0.15) is 23.3 Å². The second-order valence-electron chi connectivity index (χ2n) is 10.0. The number of methoxy groups -OCH3 is 1. The summed E-state index contributed by atoms with van der Waals surface area (Å²) in [6, 6.07) is 21.9. The molecule has 0 fully saturated rings. The largest absolute Gasteiger partial charge is 0.496 e. The Balaban J connectivity index is 1.60. The van der Waals surface area contributed by atoms with Crippen molar-refractivity contribution >= 4 is 45.8 Å². The van der Waals surface area contributed by atoms with Gasteiger partial charge in [-0.15, -0.1) is 0 Å². The van der Waals surface area contributed by atoms with Crippen LogP contribution in [0.1, 0.15) is 44.1 Å². The normalized spacial score (nSPS) is 15.0. The second kappa shape index (κ2) is 12.1. The van der Waals surface area contributed by atoms with Gasteiger partial charge in [-0.1, -0.05) is 78.7 Å². The molecular weight excluding hydrogens is 584 g/mol. The zero-order valence-electron chi connectivity index (χ0n) is 23.9. The topological polar surface area (TPSA) is 83.0 Å². The predicted octanol–water partition coefficient (Wildman–Crippen LogP) is 6.65. The Morgan fingerprint density at radius 2 is 1.93 bits per heavy atom. The summed E-state index contributed by atoms with van der Waals surface area (Å²) in [4.78, 5) is 33.3. The molecule has 5 aromatic rings. The number of hydrogen-bond acceptors (Lipinski definition) is 7. The number of aromatic nitrogens is 1. The van der Waals surface area contributed by atoms with Gasteiger partial charge in [0.05, 0.1) is 29.5 Å². The lowest BCUT2D eigenvalue weighted by atomic mass is 9.90. The molecule has 0 saturated carbocycles. The van der Waals surface area contributed by atoms with Crippen LogP contribution in [0.25, 0.3) is 28.2 Å². The number of ether oxygens (including phenoxy) is 2. The van der Waals surface area contributed by atoms with Crippen molar-refractivity contribution < 1.29 is 18.7 Å². The lowest BCUT2D eigenvalue weighted by Crippen LogP contribution is -2.40. The van der Waals surface area contributed by atoms with E-state index >= 15 is 0 Å². The van der Waals surface area contributed by atoms with Crippen molar-refractivity contribution in [2.75, 3.05) is 13.7 Å². The SMILES string of the molecule is CCCC1=C(C(=O)OCC)[C@@H](c2c(OC)ccc3ccccc23)n2c(s/c(=C/c3ccc(-c4cccc(Cl)c4)o3)c2=O)=N1. The highest BCUT2D eigenvalue weighted by molar-refractivity contribution is 7.07. The van der Waals surface area contributed by atoms with Gasteiger partial charge in [-0.2, -0.15) is 0 Å². The van der Waals surface area contributed by atoms with Crippen molar-refractivity contribution in [3.63, 3.8) is 0 Å². The van der Waals surface area contributed by atoms with Crippen LogP contribution in [-0.4, -0.2) is 24.3 Å². The Labute approximate surface area is 257 Å². The summed E-state index contributed by atoms with van der Waals surface area (Å²) in [5.74, 6) is 1.21. The van der Waals surface area contributed by atoms with Crippen molar-refractivity contribution in [3.05, 3.63) is 120 Å².